The molecule has 1 heterocycles. The highest BCUT2D eigenvalue weighted by molar-refractivity contribution is 5.82. The number of benzene rings is 3. The SMILES string of the molecule is CCCC(C)c1cc(Nc2ccc(N)cc2)ccc1-c1ccc2ccccc2n1. The van der Waals surface area contributed by atoms with Crippen molar-refractivity contribution >= 4 is 28.0 Å². The maximum Gasteiger partial charge on any atom is 0.0712 e. The normalized spacial score (nSPS) is 12.1. The molecule has 0 fully saturated rings. The van der Waals surface area contributed by atoms with Crippen LogP contribution in [0.5, 0.6) is 0 Å². The molecule has 0 amide bonds. The summed E-state index contributed by atoms with van der Waals surface area (Å²) < 4.78 is 0. The third kappa shape index (κ3) is 4.24. The Kier molecular flexibility index (Phi) is 5.48. The molecule has 0 aliphatic heterocycles. The largest absolute Gasteiger partial charge is 0.399 e. The topological polar surface area (TPSA) is 50.9 Å². The van der Waals surface area contributed by atoms with Crippen LogP contribution in [0.1, 0.15) is 38.2 Å². The summed E-state index contributed by atoms with van der Waals surface area (Å²) in [5.74, 6) is 0.455. The van der Waals surface area contributed by atoms with Crippen LogP contribution in [-0.2, 0) is 0 Å². The Labute approximate surface area is 172 Å². The van der Waals surface area contributed by atoms with Crippen LogP contribution in [-0.4, -0.2) is 4.98 Å². The molecule has 3 aromatic carbocycles. The lowest BCUT2D eigenvalue weighted by molar-refractivity contribution is 0.666. The zero-order valence-corrected chi connectivity index (χ0v) is 17.0. The molecule has 0 spiro atoms. The summed E-state index contributed by atoms with van der Waals surface area (Å²) >= 11 is 0. The van der Waals surface area contributed by atoms with Gasteiger partial charge in [-0.3, -0.25) is 0 Å². The molecule has 0 aliphatic rings. The van der Waals surface area contributed by atoms with Gasteiger partial charge < -0.3 is 11.1 Å². The van der Waals surface area contributed by atoms with Gasteiger partial charge in [-0.1, -0.05) is 50.6 Å². The summed E-state index contributed by atoms with van der Waals surface area (Å²) in [4.78, 5) is 4.94. The number of hydrogen-bond donors (Lipinski definition) is 2. The summed E-state index contributed by atoms with van der Waals surface area (Å²) in [7, 11) is 0. The number of pyridine rings is 1. The van der Waals surface area contributed by atoms with E-state index < -0.39 is 0 Å². The second-order valence-electron chi connectivity index (χ2n) is 7.63. The van der Waals surface area contributed by atoms with E-state index in [9.17, 15) is 0 Å². The third-order valence-electron chi connectivity index (χ3n) is 5.38. The molecule has 1 aromatic heterocycles. The fraction of sp³-hybridized carbons (Fsp3) is 0.192. The van der Waals surface area contributed by atoms with Crippen LogP contribution < -0.4 is 11.1 Å². The van der Waals surface area contributed by atoms with Gasteiger partial charge in [0.1, 0.15) is 0 Å². The number of nitrogens with two attached hydrogens (primary N) is 1. The van der Waals surface area contributed by atoms with Crippen molar-refractivity contribution in [3.63, 3.8) is 0 Å². The van der Waals surface area contributed by atoms with Crippen molar-refractivity contribution in [2.24, 2.45) is 0 Å². The molecular weight excluding hydrogens is 354 g/mol. The zero-order valence-electron chi connectivity index (χ0n) is 17.0. The van der Waals surface area contributed by atoms with Gasteiger partial charge in [0.05, 0.1) is 11.2 Å². The van der Waals surface area contributed by atoms with Gasteiger partial charge in [0.25, 0.3) is 0 Å². The van der Waals surface area contributed by atoms with Gasteiger partial charge in [-0.25, -0.2) is 4.98 Å². The molecule has 0 aliphatic carbocycles. The molecule has 4 aromatic rings. The Hall–Kier alpha value is -3.33. The fourth-order valence-electron chi connectivity index (χ4n) is 3.82. The second kappa shape index (κ2) is 8.36. The van der Waals surface area contributed by atoms with Crippen LogP contribution in [0.4, 0.5) is 17.1 Å². The molecular formula is C26H27N3. The monoisotopic (exact) mass is 381 g/mol. The maximum absolute atomic E-state index is 5.81. The molecule has 0 saturated heterocycles. The van der Waals surface area contributed by atoms with Crippen LogP contribution in [0, 0.1) is 0 Å². The average molecular weight is 382 g/mol. The highest BCUT2D eigenvalue weighted by atomic mass is 14.9. The number of anilines is 3. The predicted octanol–water partition coefficient (Wildman–Crippen LogP) is 7.13. The van der Waals surface area contributed by atoms with E-state index in [-0.39, 0.29) is 0 Å². The highest BCUT2D eigenvalue weighted by Crippen LogP contribution is 2.34. The summed E-state index contributed by atoms with van der Waals surface area (Å²) in [6.07, 6.45) is 2.30. The van der Waals surface area contributed by atoms with E-state index in [0.29, 0.717) is 5.92 Å². The van der Waals surface area contributed by atoms with Crippen LogP contribution in [0.2, 0.25) is 0 Å². The number of nitrogen functional groups attached to an aromatic ring is 1. The summed E-state index contributed by atoms with van der Waals surface area (Å²) in [5.41, 5.74) is 13.3. The third-order valence-corrected chi connectivity index (χ3v) is 5.38. The van der Waals surface area contributed by atoms with Crippen molar-refractivity contribution in [1.82, 2.24) is 4.98 Å². The van der Waals surface area contributed by atoms with Gasteiger partial charge in [0.15, 0.2) is 0 Å². The number of rotatable bonds is 6. The van der Waals surface area contributed by atoms with Crippen molar-refractivity contribution < 1.29 is 0 Å². The first-order chi connectivity index (χ1) is 14.1. The van der Waals surface area contributed by atoms with Crippen molar-refractivity contribution in [3.05, 3.63) is 84.4 Å². The molecule has 0 bridgehead atoms. The minimum Gasteiger partial charge on any atom is -0.399 e. The standard InChI is InChI=1S/C26H27N3/c1-3-6-18(2)24-17-22(28-21-12-10-20(27)11-13-21)14-15-23(24)26-16-9-19-7-4-5-8-25(19)29-26/h4-5,7-18,28H,3,6,27H2,1-2H3. The van der Waals surface area contributed by atoms with Gasteiger partial charge in [-0.15, -0.1) is 0 Å². The number of nitrogens with zero attached hydrogens (tertiary/aromatic N) is 1. The van der Waals surface area contributed by atoms with Crippen LogP contribution in [0.25, 0.3) is 22.2 Å². The van der Waals surface area contributed by atoms with Gasteiger partial charge in [-0.2, -0.15) is 0 Å². The van der Waals surface area contributed by atoms with Gasteiger partial charge >= 0.3 is 0 Å². The van der Waals surface area contributed by atoms with E-state index in [4.69, 9.17) is 10.7 Å². The quantitative estimate of drug-likeness (QED) is 0.349. The Balaban J connectivity index is 1.74. The molecule has 3 heteroatoms. The average Bonchev–Trinajstić information content (AvgIpc) is 2.75. The van der Waals surface area contributed by atoms with Crippen LogP contribution in [0.15, 0.2) is 78.9 Å². The number of nitrogens with one attached hydrogen (secondary N) is 1. The minimum absolute atomic E-state index is 0.455. The van der Waals surface area contributed by atoms with Crippen LogP contribution in [0.3, 0.4) is 0 Å². The molecule has 1 unspecified atom stereocenters. The Morgan fingerprint density at radius 2 is 1.66 bits per heavy atom. The lowest BCUT2D eigenvalue weighted by Crippen LogP contribution is -2.00. The lowest BCUT2D eigenvalue weighted by Gasteiger charge is -2.18. The van der Waals surface area contributed by atoms with Crippen molar-refractivity contribution in [2.45, 2.75) is 32.6 Å². The molecule has 3 N–H and O–H groups in total. The first-order valence-electron chi connectivity index (χ1n) is 10.3. The summed E-state index contributed by atoms with van der Waals surface area (Å²) in [6, 6.07) is 27.0. The van der Waals surface area contributed by atoms with Gasteiger partial charge in [0.2, 0.25) is 0 Å². The van der Waals surface area contributed by atoms with E-state index in [1.807, 2.05) is 30.3 Å². The number of fused-ring (bicyclic) bond motifs is 1. The first-order valence-corrected chi connectivity index (χ1v) is 10.3. The Morgan fingerprint density at radius 1 is 0.897 bits per heavy atom. The molecule has 0 radical (unpaired) electrons. The minimum atomic E-state index is 0.455. The number of para-hydroxylation sites is 1. The lowest BCUT2D eigenvalue weighted by atomic mass is 9.90. The van der Waals surface area contributed by atoms with Crippen molar-refractivity contribution in [1.29, 1.82) is 0 Å². The zero-order chi connectivity index (χ0) is 20.2. The maximum atomic E-state index is 5.81. The highest BCUT2D eigenvalue weighted by Gasteiger charge is 2.14. The molecule has 146 valence electrons. The first kappa shape index (κ1) is 19.0. The predicted molar refractivity (Wildman–Crippen MR) is 125 cm³/mol. The van der Waals surface area contributed by atoms with Gasteiger partial charge in [0, 0.05) is 28.0 Å². The Morgan fingerprint density at radius 3 is 2.45 bits per heavy atom. The summed E-state index contributed by atoms with van der Waals surface area (Å²) in [6.45, 7) is 4.54. The fourth-order valence-corrected chi connectivity index (χ4v) is 3.82. The number of hydrogen-bond acceptors (Lipinski definition) is 3. The van der Waals surface area contributed by atoms with Crippen molar-refractivity contribution in [2.75, 3.05) is 11.1 Å². The molecule has 0 saturated carbocycles. The number of aromatic nitrogens is 1. The van der Waals surface area contributed by atoms with E-state index in [2.05, 4.69) is 67.7 Å². The molecule has 29 heavy (non-hydrogen) atoms. The van der Waals surface area contributed by atoms with E-state index >= 15 is 0 Å². The van der Waals surface area contributed by atoms with Gasteiger partial charge in [-0.05, 0) is 66.4 Å². The second-order valence-corrected chi connectivity index (χ2v) is 7.63. The Bertz CT molecular complexity index is 1120. The van der Waals surface area contributed by atoms with Crippen LogP contribution >= 0.6 is 0 Å². The van der Waals surface area contributed by atoms with Crippen molar-refractivity contribution in [3.8, 4) is 11.3 Å². The van der Waals surface area contributed by atoms with E-state index in [0.717, 1.165) is 41.1 Å². The molecule has 1 atom stereocenters. The summed E-state index contributed by atoms with van der Waals surface area (Å²) in [5, 5.41) is 4.67. The molecule has 4 rings (SSSR count). The molecule has 3 nitrogen and oxygen atoms in total. The smallest absolute Gasteiger partial charge is 0.0712 e. The van der Waals surface area contributed by atoms with E-state index in [1.165, 1.54) is 16.5 Å². The van der Waals surface area contributed by atoms with E-state index in [1.54, 1.807) is 0 Å².